The van der Waals surface area contributed by atoms with Crippen molar-refractivity contribution in [3.63, 3.8) is 0 Å². The first-order valence-corrected chi connectivity index (χ1v) is 7.05. The topological polar surface area (TPSA) is 52.6 Å². The Kier molecular flexibility index (Phi) is 4.50. The SMILES string of the molecule is C=CC1C(=C)CC(C(=O)OC)(C(=O)OC)C1c1ccccc1. The van der Waals surface area contributed by atoms with E-state index in [0.29, 0.717) is 0 Å². The summed E-state index contributed by atoms with van der Waals surface area (Å²) in [6.45, 7) is 7.86. The molecular weight excluding hydrogens is 280 g/mol. The Morgan fingerprint density at radius 2 is 1.73 bits per heavy atom. The summed E-state index contributed by atoms with van der Waals surface area (Å²) in [6.07, 6.45) is 1.93. The molecule has 4 heteroatoms. The van der Waals surface area contributed by atoms with Crippen LogP contribution in [0.5, 0.6) is 0 Å². The maximum absolute atomic E-state index is 12.5. The van der Waals surface area contributed by atoms with E-state index in [0.717, 1.165) is 11.1 Å². The van der Waals surface area contributed by atoms with Crippen LogP contribution in [0.4, 0.5) is 0 Å². The van der Waals surface area contributed by atoms with Crippen LogP contribution in [0.25, 0.3) is 0 Å². The van der Waals surface area contributed by atoms with Gasteiger partial charge in [-0.2, -0.15) is 0 Å². The lowest BCUT2D eigenvalue weighted by Gasteiger charge is -2.31. The summed E-state index contributed by atoms with van der Waals surface area (Å²) < 4.78 is 9.88. The van der Waals surface area contributed by atoms with Gasteiger partial charge in [0.25, 0.3) is 0 Å². The Hall–Kier alpha value is -2.36. The minimum Gasteiger partial charge on any atom is -0.468 e. The van der Waals surface area contributed by atoms with Crippen molar-refractivity contribution in [3.8, 4) is 0 Å². The molecular formula is C18H20O4. The standard InChI is InChI=1S/C18H20O4/c1-5-14-12(2)11-18(16(19)21-3,17(20)22-4)15(14)13-9-7-6-8-10-13/h5-10,14-15H,1-2,11H2,3-4H3. The lowest BCUT2D eigenvalue weighted by molar-refractivity contribution is -0.170. The molecule has 0 aliphatic heterocycles. The summed E-state index contributed by atoms with van der Waals surface area (Å²) in [4.78, 5) is 25.1. The Morgan fingerprint density at radius 1 is 1.18 bits per heavy atom. The summed E-state index contributed by atoms with van der Waals surface area (Å²) in [5.41, 5.74) is 0.224. The molecule has 0 aromatic heterocycles. The molecule has 2 unspecified atom stereocenters. The molecule has 22 heavy (non-hydrogen) atoms. The van der Waals surface area contributed by atoms with Gasteiger partial charge in [-0.25, -0.2) is 0 Å². The van der Waals surface area contributed by atoms with Crippen LogP contribution in [0.2, 0.25) is 0 Å². The third kappa shape index (κ3) is 2.25. The Morgan fingerprint density at radius 3 is 2.18 bits per heavy atom. The van der Waals surface area contributed by atoms with E-state index in [1.807, 2.05) is 30.3 Å². The zero-order valence-electron chi connectivity index (χ0n) is 12.9. The summed E-state index contributed by atoms with van der Waals surface area (Å²) in [5.74, 6) is -1.82. The van der Waals surface area contributed by atoms with Crippen molar-refractivity contribution in [2.45, 2.75) is 12.3 Å². The normalized spacial score (nSPS) is 22.9. The molecule has 1 aliphatic carbocycles. The second-order valence-corrected chi connectivity index (χ2v) is 5.44. The number of allylic oxidation sites excluding steroid dienone is 2. The number of carbonyl (C=O) groups is 2. The molecule has 4 nitrogen and oxygen atoms in total. The number of methoxy groups -OCH3 is 2. The number of hydrogen-bond acceptors (Lipinski definition) is 4. The smallest absolute Gasteiger partial charge is 0.324 e. The molecule has 0 radical (unpaired) electrons. The monoisotopic (exact) mass is 300 g/mol. The van der Waals surface area contributed by atoms with E-state index in [-0.39, 0.29) is 12.3 Å². The number of ether oxygens (including phenoxy) is 2. The predicted octanol–water partition coefficient (Wildman–Crippen LogP) is 2.86. The quantitative estimate of drug-likeness (QED) is 0.487. The maximum atomic E-state index is 12.5. The van der Waals surface area contributed by atoms with Crippen molar-refractivity contribution in [2.75, 3.05) is 14.2 Å². The van der Waals surface area contributed by atoms with Crippen LogP contribution in [0.3, 0.4) is 0 Å². The van der Waals surface area contributed by atoms with Crippen molar-refractivity contribution in [3.05, 3.63) is 60.7 Å². The molecule has 0 N–H and O–H groups in total. The molecule has 0 bridgehead atoms. The number of rotatable bonds is 4. The molecule has 1 aliphatic rings. The number of benzene rings is 1. The van der Waals surface area contributed by atoms with Gasteiger partial charge in [-0.1, -0.05) is 48.6 Å². The summed E-state index contributed by atoms with van der Waals surface area (Å²) in [6, 6.07) is 9.40. The van der Waals surface area contributed by atoms with Gasteiger partial charge in [-0.15, -0.1) is 6.58 Å². The van der Waals surface area contributed by atoms with Crippen LogP contribution in [-0.2, 0) is 19.1 Å². The van der Waals surface area contributed by atoms with Crippen molar-refractivity contribution in [1.82, 2.24) is 0 Å². The van der Waals surface area contributed by atoms with Crippen LogP contribution in [0.15, 0.2) is 55.1 Å². The van der Waals surface area contributed by atoms with Crippen molar-refractivity contribution in [1.29, 1.82) is 0 Å². The van der Waals surface area contributed by atoms with E-state index >= 15 is 0 Å². The highest BCUT2D eigenvalue weighted by molar-refractivity contribution is 6.02. The van der Waals surface area contributed by atoms with Gasteiger partial charge in [-0.3, -0.25) is 9.59 Å². The van der Waals surface area contributed by atoms with E-state index in [1.54, 1.807) is 6.08 Å². The van der Waals surface area contributed by atoms with Gasteiger partial charge in [0.15, 0.2) is 5.41 Å². The highest BCUT2D eigenvalue weighted by Crippen LogP contribution is 2.56. The lowest BCUT2D eigenvalue weighted by atomic mass is 9.71. The number of hydrogen-bond donors (Lipinski definition) is 0. The molecule has 1 aromatic carbocycles. The third-order valence-corrected chi connectivity index (χ3v) is 4.38. The fourth-order valence-corrected chi connectivity index (χ4v) is 3.43. The average Bonchev–Trinajstić information content (AvgIpc) is 2.87. The minimum absolute atomic E-state index is 0.194. The van der Waals surface area contributed by atoms with Gasteiger partial charge in [0.05, 0.1) is 14.2 Å². The van der Waals surface area contributed by atoms with Crippen LogP contribution >= 0.6 is 0 Å². The van der Waals surface area contributed by atoms with Gasteiger partial charge in [0, 0.05) is 11.8 Å². The molecule has 0 heterocycles. The van der Waals surface area contributed by atoms with E-state index in [2.05, 4.69) is 13.2 Å². The largest absolute Gasteiger partial charge is 0.468 e. The average molecular weight is 300 g/mol. The van der Waals surface area contributed by atoms with E-state index in [4.69, 9.17) is 9.47 Å². The van der Waals surface area contributed by atoms with Crippen LogP contribution in [-0.4, -0.2) is 26.2 Å². The maximum Gasteiger partial charge on any atom is 0.324 e. The zero-order valence-corrected chi connectivity index (χ0v) is 12.9. The minimum atomic E-state index is -1.42. The van der Waals surface area contributed by atoms with Gasteiger partial charge in [-0.05, 0) is 12.0 Å². The second kappa shape index (κ2) is 6.18. The number of carbonyl (C=O) groups excluding carboxylic acids is 2. The first-order valence-electron chi connectivity index (χ1n) is 7.05. The Labute approximate surface area is 130 Å². The Bertz CT molecular complexity index is 587. The van der Waals surface area contributed by atoms with Gasteiger partial charge < -0.3 is 9.47 Å². The highest BCUT2D eigenvalue weighted by Gasteiger charge is 2.61. The fourth-order valence-electron chi connectivity index (χ4n) is 3.43. The Balaban J connectivity index is 2.68. The van der Waals surface area contributed by atoms with Gasteiger partial charge in [0.2, 0.25) is 0 Å². The summed E-state index contributed by atoms with van der Waals surface area (Å²) in [5, 5.41) is 0. The van der Waals surface area contributed by atoms with E-state index < -0.39 is 23.3 Å². The first-order chi connectivity index (χ1) is 10.5. The highest BCUT2D eigenvalue weighted by atomic mass is 16.5. The molecule has 1 saturated carbocycles. The van der Waals surface area contributed by atoms with Crippen molar-refractivity contribution >= 4 is 11.9 Å². The van der Waals surface area contributed by atoms with Crippen LogP contribution in [0.1, 0.15) is 17.9 Å². The molecule has 1 fully saturated rings. The third-order valence-electron chi connectivity index (χ3n) is 4.38. The molecule has 1 aromatic rings. The molecule has 116 valence electrons. The first kappa shape index (κ1) is 16.0. The second-order valence-electron chi connectivity index (χ2n) is 5.44. The van der Waals surface area contributed by atoms with Gasteiger partial charge >= 0.3 is 11.9 Å². The molecule has 2 atom stereocenters. The fraction of sp³-hybridized carbons (Fsp3) is 0.333. The van der Waals surface area contributed by atoms with Crippen molar-refractivity contribution in [2.24, 2.45) is 11.3 Å². The zero-order chi connectivity index (χ0) is 16.3. The molecule has 2 rings (SSSR count). The van der Waals surface area contributed by atoms with Crippen LogP contribution in [0, 0.1) is 11.3 Å². The molecule has 0 amide bonds. The van der Waals surface area contributed by atoms with Crippen LogP contribution < -0.4 is 0 Å². The summed E-state index contributed by atoms with van der Waals surface area (Å²) in [7, 11) is 2.55. The summed E-state index contributed by atoms with van der Waals surface area (Å²) >= 11 is 0. The lowest BCUT2D eigenvalue weighted by Crippen LogP contribution is -2.44. The van der Waals surface area contributed by atoms with Gasteiger partial charge in [0.1, 0.15) is 0 Å². The molecule has 0 saturated heterocycles. The number of esters is 2. The van der Waals surface area contributed by atoms with Crippen molar-refractivity contribution < 1.29 is 19.1 Å². The van der Waals surface area contributed by atoms with E-state index in [9.17, 15) is 9.59 Å². The molecule has 0 spiro atoms. The van der Waals surface area contributed by atoms with E-state index in [1.165, 1.54) is 14.2 Å². The predicted molar refractivity (Wildman–Crippen MR) is 83.1 cm³/mol.